The van der Waals surface area contributed by atoms with E-state index in [0.717, 1.165) is 21.6 Å². The van der Waals surface area contributed by atoms with E-state index >= 15 is 0 Å². The number of hydrogen-bond acceptors (Lipinski definition) is 8. The summed E-state index contributed by atoms with van der Waals surface area (Å²) < 4.78 is 12.0. The third kappa shape index (κ3) is 4.46. The van der Waals surface area contributed by atoms with Crippen LogP contribution in [-0.4, -0.2) is 40.3 Å². The van der Waals surface area contributed by atoms with E-state index in [9.17, 15) is 19.7 Å². The Balaban J connectivity index is 1.46. The average molecular weight is 481 g/mol. The number of anilines is 1. The van der Waals surface area contributed by atoms with Gasteiger partial charge in [-0.1, -0.05) is 18.2 Å². The molecule has 0 saturated heterocycles. The molecule has 34 heavy (non-hydrogen) atoms. The molecule has 4 aromatic rings. The minimum Gasteiger partial charge on any atom is -0.490 e. The van der Waals surface area contributed by atoms with Gasteiger partial charge in [0.05, 0.1) is 23.4 Å². The second-order valence-electron chi connectivity index (χ2n) is 7.38. The smallest absolute Gasteiger partial charge is 0.348 e. The fourth-order valence-corrected chi connectivity index (χ4v) is 4.47. The number of nitrogens with zero attached hydrogens (tertiary/aromatic N) is 3. The maximum absolute atomic E-state index is 12.6. The summed E-state index contributed by atoms with van der Waals surface area (Å²) >= 11 is 1.23. The van der Waals surface area contributed by atoms with Gasteiger partial charge in [0.2, 0.25) is 0 Å². The summed E-state index contributed by atoms with van der Waals surface area (Å²) in [6.45, 7) is 2.96. The van der Waals surface area contributed by atoms with Gasteiger partial charge in [0, 0.05) is 23.2 Å². The monoisotopic (exact) mass is 480 g/mol. The Labute approximate surface area is 197 Å². The number of esters is 1. The molecule has 10 nitrogen and oxygen atoms in total. The Kier molecular flexibility index (Phi) is 6.28. The van der Waals surface area contributed by atoms with Gasteiger partial charge in [-0.05, 0) is 37.6 Å². The van der Waals surface area contributed by atoms with E-state index in [1.807, 2.05) is 37.3 Å². The van der Waals surface area contributed by atoms with Gasteiger partial charge in [-0.25, -0.2) is 9.48 Å². The Bertz CT molecular complexity index is 1410. The van der Waals surface area contributed by atoms with Crippen molar-refractivity contribution in [3.8, 4) is 11.4 Å². The molecule has 0 unspecified atom stereocenters. The van der Waals surface area contributed by atoms with E-state index in [2.05, 4.69) is 10.4 Å². The number of amides is 1. The maximum atomic E-state index is 12.6. The highest BCUT2D eigenvalue weighted by atomic mass is 32.1. The molecule has 0 spiro atoms. The summed E-state index contributed by atoms with van der Waals surface area (Å²) in [6, 6.07) is 13.9. The molecule has 2 heterocycles. The van der Waals surface area contributed by atoms with Crippen LogP contribution < -0.4 is 10.1 Å². The van der Waals surface area contributed by atoms with E-state index < -0.39 is 23.4 Å². The minimum absolute atomic E-state index is 0.0102. The molecule has 2 aromatic heterocycles. The van der Waals surface area contributed by atoms with Crippen LogP contribution in [0.3, 0.4) is 0 Å². The first-order valence-corrected chi connectivity index (χ1v) is 10.9. The number of para-hydroxylation sites is 1. The summed E-state index contributed by atoms with van der Waals surface area (Å²) in [5.41, 5.74) is 2.23. The van der Waals surface area contributed by atoms with Crippen molar-refractivity contribution < 1.29 is 24.0 Å². The predicted molar refractivity (Wildman–Crippen MR) is 127 cm³/mol. The van der Waals surface area contributed by atoms with Gasteiger partial charge >= 0.3 is 11.7 Å². The van der Waals surface area contributed by atoms with Crippen molar-refractivity contribution in [2.75, 3.05) is 19.0 Å². The number of thiophene rings is 1. The minimum atomic E-state index is -0.631. The SMILES string of the molecule is COc1cc(NC(=O)COC(=O)c2cc3c(C)nn(-c4ccccc4)c3s2)c(C)cc1[N+](=O)[O-]. The van der Waals surface area contributed by atoms with Crippen molar-refractivity contribution >= 4 is 44.8 Å². The first kappa shape index (κ1) is 22.9. The molecule has 0 atom stereocenters. The Morgan fingerprint density at radius 2 is 1.91 bits per heavy atom. The van der Waals surface area contributed by atoms with Crippen LogP contribution in [0.4, 0.5) is 11.4 Å². The van der Waals surface area contributed by atoms with Crippen LogP contribution in [0.5, 0.6) is 5.75 Å². The lowest BCUT2D eigenvalue weighted by Gasteiger charge is -2.11. The van der Waals surface area contributed by atoms with Crippen LogP contribution in [0.1, 0.15) is 20.9 Å². The summed E-state index contributed by atoms with van der Waals surface area (Å²) in [5.74, 6) is -1.20. The highest BCUT2D eigenvalue weighted by Crippen LogP contribution is 2.33. The average Bonchev–Trinajstić information content (AvgIpc) is 3.39. The third-order valence-electron chi connectivity index (χ3n) is 5.08. The standard InChI is InChI=1S/C23H20N4O6S/c1-13-9-18(27(30)31)19(32-3)11-17(13)24-21(28)12-33-23(29)20-10-16-14(2)25-26(22(16)34-20)15-7-5-4-6-8-15/h4-11H,12H2,1-3H3,(H,24,28). The largest absolute Gasteiger partial charge is 0.490 e. The second-order valence-corrected chi connectivity index (χ2v) is 8.41. The lowest BCUT2D eigenvalue weighted by atomic mass is 10.1. The van der Waals surface area contributed by atoms with E-state index in [4.69, 9.17) is 9.47 Å². The number of hydrogen-bond donors (Lipinski definition) is 1. The number of ether oxygens (including phenoxy) is 2. The second kappa shape index (κ2) is 9.32. The lowest BCUT2D eigenvalue weighted by molar-refractivity contribution is -0.385. The molecule has 0 aliphatic rings. The van der Waals surface area contributed by atoms with Gasteiger partial charge in [-0.15, -0.1) is 11.3 Å². The number of fused-ring (bicyclic) bond motifs is 1. The van der Waals surface area contributed by atoms with Crippen LogP contribution in [0.2, 0.25) is 0 Å². The molecule has 0 bridgehead atoms. The normalized spacial score (nSPS) is 10.8. The Hall–Kier alpha value is -4.25. The molecule has 2 aromatic carbocycles. The number of nitro groups is 1. The fourth-order valence-electron chi connectivity index (χ4n) is 3.39. The number of carbonyl (C=O) groups is 2. The first-order valence-electron chi connectivity index (χ1n) is 10.1. The van der Waals surface area contributed by atoms with Crippen LogP contribution >= 0.6 is 11.3 Å². The van der Waals surface area contributed by atoms with Crippen molar-refractivity contribution in [1.82, 2.24) is 9.78 Å². The fraction of sp³-hybridized carbons (Fsp3) is 0.174. The Morgan fingerprint density at radius 3 is 2.59 bits per heavy atom. The van der Waals surface area contributed by atoms with Crippen molar-refractivity contribution in [2.45, 2.75) is 13.8 Å². The van der Waals surface area contributed by atoms with Gasteiger partial charge in [0.25, 0.3) is 5.91 Å². The summed E-state index contributed by atoms with van der Waals surface area (Å²) in [4.78, 5) is 36.7. The zero-order valence-corrected chi connectivity index (χ0v) is 19.3. The highest BCUT2D eigenvalue weighted by Gasteiger charge is 2.21. The van der Waals surface area contributed by atoms with E-state index in [1.54, 1.807) is 17.7 Å². The number of rotatable bonds is 7. The maximum Gasteiger partial charge on any atom is 0.348 e. The zero-order valence-electron chi connectivity index (χ0n) is 18.5. The molecule has 0 aliphatic heterocycles. The van der Waals surface area contributed by atoms with Crippen molar-refractivity contribution in [1.29, 1.82) is 0 Å². The van der Waals surface area contributed by atoms with E-state index in [0.29, 0.717) is 16.1 Å². The van der Waals surface area contributed by atoms with Crippen molar-refractivity contribution in [3.05, 3.63) is 74.8 Å². The van der Waals surface area contributed by atoms with Crippen LogP contribution in [-0.2, 0) is 9.53 Å². The Morgan fingerprint density at radius 1 is 1.18 bits per heavy atom. The summed E-state index contributed by atoms with van der Waals surface area (Å²) in [6.07, 6.45) is 0. The molecule has 174 valence electrons. The molecule has 1 N–H and O–H groups in total. The predicted octanol–water partition coefficient (Wildman–Crippen LogP) is 4.42. The summed E-state index contributed by atoms with van der Waals surface area (Å²) in [5, 5.41) is 19.1. The third-order valence-corrected chi connectivity index (χ3v) is 6.17. The van der Waals surface area contributed by atoms with Gasteiger partial charge < -0.3 is 14.8 Å². The molecule has 0 fully saturated rings. The van der Waals surface area contributed by atoms with Gasteiger partial charge in [0.15, 0.2) is 12.4 Å². The molecule has 1 amide bonds. The molecule has 0 saturated carbocycles. The number of nitrogens with one attached hydrogen (secondary N) is 1. The van der Waals surface area contributed by atoms with Crippen molar-refractivity contribution in [3.63, 3.8) is 0 Å². The van der Waals surface area contributed by atoms with Gasteiger partial charge in [0.1, 0.15) is 9.71 Å². The van der Waals surface area contributed by atoms with E-state index in [-0.39, 0.29) is 11.4 Å². The topological polar surface area (TPSA) is 126 Å². The molecule has 0 radical (unpaired) electrons. The molecular formula is C23H20N4O6S. The van der Waals surface area contributed by atoms with Crippen LogP contribution in [0.15, 0.2) is 48.5 Å². The molecule has 0 aliphatic carbocycles. The quantitative estimate of drug-likeness (QED) is 0.236. The number of aryl methyl sites for hydroxylation is 2. The van der Waals surface area contributed by atoms with Gasteiger partial charge in [-0.3, -0.25) is 14.9 Å². The lowest BCUT2D eigenvalue weighted by Crippen LogP contribution is -2.21. The number of aromatic nitrogens is 2. The van der Waals surface area contributed by atoms with E-state index in [1.165, 1.54) is 30.6 Å². The van der Waals surface area contributed by atoms with Crippen molar-refractivity contribution in [2.24, 2.45) is 0 Å². The van der Waals surface area contributed by atoms with Gasteiger partial charge in [-0.2, -0.15) is 5.10 Å². The number of methoxy groups -OCH3 is 1. The summed E-state index contributed by atoms with van der Waals surface area (Å²) in [7, 11) is 1.30. The molecule has 11 heteroatoms. The highest BCUT2D eigenvalue weighted by molar-refractivity contribution is 7.20. The molecule has 4 rings (SSSR count). The number of carbonyl (C=O) groups excluding carboxylic acids is 2. The van der Waals surface area contributed by atoms with Crippen LogP contribution in [0, 0.1) is 24.0 Å². The number of benzene rings is 2. The first-order chi connectivity index (χ1) is 16.3. The number of nitro benzene ring substituents is 1. The van der Waals surface area contributed by atoms with Crippen LogP contribution in [0.25, 0.3) is 15.9 Å². The molecular weight excluding hydrogens is 460 g/mol. The zero-order chi connectivity index (χ0) is 24.4.